The number of hydrogen-bond donors (Lipinski definition) is 2. The number of carbonyl (C=O) groups is 1. The first-order valence-corrected chi connectivity index (χ1v) is 6.04. The summed E-state index contributed by atoms with van der Waals surface area (Å²) in [5.74, 6) is 0.0381. The maximum absolute atomic E-state index is 11.6. The maximum atomic E-state index is 11.6. The molecule has 1 amide bonds. The number of hydrogen-bond acceptors (Lipinski definition) is 3. The number of anilines is 2. The Morgan fingerprint density at radius 1 is 1.53 bits per heavy atom. The van der Waals surface area contributed by atoms with E-state index in [0.717, 1.165) is 23.5 Å². The number of halogens is 1. The zero-order valence-electron chi connectivity index (χ0n) is 9.79. The molecule has 0 aliphatic carbocycles. The van der Waals surface area contributed by atoms with E-state index in [1.54, 1.807) is 0 Å². The van der Waals surface area contributed by atoms with Crippen LogP contribution in [0.4, 0.5) is 11.4 Å². The highest BCUT2D eigenvalue weighted by molar-refractivity contribution is 6.31. The Morgan fingerprint density at radius 3 is 3.00 bits per heavy atom. The number of aryl methyl sites for hydroxylation is 1. The minimum atomic E-state index is 0.0381. The molecule has 1 aromatic carbocycles. The molecule has 1 aliphatic heterocycles. The van der Waals surface area contributed by atoms with Gasteiger partial charge in [0.1, 0.15) is 0 Å². The molecule has 0 bridgehead atoms. The van der Waals surface area contributed by atoms with Gasteiger partial charge >= 0.3 is 0 Å². The molecule has 2 rings (SSSR count). The molecule has 0 saturated heterocycles. The Hall–Kier alpha value is -1.26. The smallest absolute Gasteiger partial charge is 0.226 e. The van der Waals surface area contributed by atoms with Crippen LogP contribution in [0.5, 0.6) is 0 Å². The molecule has 1 aromatic rings. The van der Waals surface area contributed by atoms with Crippen LogP contribution in [0.1, 0.15) is 12.0 Å². The van der Waals surface area contributed by atoms with Crippen molar-refractivity contribution in [2.45, 2.75) is 13.3 Å². The summed E-state index contributed by atoms with van der Waals surface area (Å²) in [5.41, 5.74) is 8.39. The largest absolute Gasteiger partial charge is 0.368 e. The van der Waals surface area contributed by atoms with Gasteiger partial charge in [0.15, 0.2) is 0 Å². The van der Waals surface area contributed by atoms with Gasteiger partial charge in [-0.2, -0.15) is 0 Å². The van der Waals surface area contributed by atoms with Gasteiger partial charge in [-0.1, -0.05) is 11.6 Å². The van der Waals surface area contributed by atoms with E-state index in [-0.39, 0.29) is 5.91 Å². The SMILES string of the molecule is Cc1cc(Cl)cc2c1NC(=O)CCN2CCN. The molecule has 3 N–H and O–H groups in total. The van der Waals surface area contributed by atoms with Crippen LogP contribution in [0.2, 0.25) is 5.02 Å². The molecule has 0 unspecified atom stereocenters. The monoisotopic (exact) mass is 253 g/mol. The second kappa shape index (κ2) is 4.94. The Labute approximate surface area is 106 Å². The third-order valence-corrected chi connectivity index (χ3v) is 3.11. The van der Waals surface area contributed by atoms with Gasteiger partial charge in [0.2, 0.25) is 5.91 Å². The molecule has 0 fully saturated rings. The molecule has 0 spiro atoms. The van der Waals surface area contributed by atoms with Gasteiger partial charge in [-0.15, -0.1) is 0 Å². The van der Waals surface area contributed by atoms with Gasteiger partial charge in [-0.25, -0.2) is 0 Å². The summed E-state index contributed by atoms with van der Waals surface area (Å²) in [6.07, 6.45) is 0.478. The number of benzene rings is 1. The summed E-state index contributed by atoms with van der Waals surface area (Å²) >= 11 is 6.07. The number of amides is 1. The summed E-state index contributed by atoms with van der Waals surface area (Å²) < 4.78 is 0. The first-order valence-electron chi connectivity index (χ1n) is 5.67. The van der Waals surface area contributed by atoms with Gasteiger partial charge in [-0.05, 0) is 24.6 Å². The van der Waals surface area contributed by atoms with Gasteiger partial charge < -0.3 is 16.0 Å². The van der Waals surface area contributed by atoms with Crippen molar-refractivity contribution in [1.29, 1.82) is 0 Å². The lowest BCUT2D eigenvalue weighted by molar-refractivity contribution is -0.115. The minimum absolute atomic E-state index is 0.0381. The van der Waals surface area contributed by atoms with Crippen LogP contribution in [0, 0.1) is 6.92 Å². The zero-order chi connectivity index (χ0) is 12.4. The van der Waals surface area contributed by atoms with Gasteiger partial charge in [0, 0.05) is 31.1 Å². The van der Waals surface area contributed by atoms with E-state index < -0.39 is 0 Å². The normalized spacial score (nSPS) is 15.2. The van der Waals surface area contributed by atoms with Gasteiger partial charge in [0.25, 0.3) is 0 Å². The Morgan fingerprint density at radius 2 is 2.29 bits per heavy atom. The van der Waals surface area contributed by atoms with Crippen molar-refractivity contribution >= 4 is 28.9 Å². The number of rotatable bonds is 2. The molecule has 4 nitrogen and oxygen atoms in total. The average Bonchev–Trinajstić information content (AvgIpc) is 2.41. The third-order valence-electron chi connectivity index (χ3n) is 2.89. The lowest BCUT2D eigenvalue weighted by Gasteiger charge is -2.24. The van der Waals surface area contributed by atoms with Crippen LogP contribution in [-0.4, -0.2) is 25.5 Å². The predicted molar refractivity (Wildman–Crippen MR) is 70.7 cm³/mol. The first-order chi connectivity index (χ1) is 8.11. The molecule has 0 atom stereocenters. The molecule has 92 valence electrons. The summed E-state index contributed by atoms with van der Waals surface area (Å²) in [5, 5.41) is 3.61. The van der Waals surface area contributed by atoms with E-state index >= 15 is 0 Å². The summed E-state index contributed by atoms with van der Waals surface area (Å²) in [6, 6.07) is 3.73. The Bertz CT molecular complexity index is 448. The van der Waals surface area contributed by atoms with Crippen LogP contribution < -0.4 is 16.0 Å². The number of nitrogens with one attached hydrogen (secondary N) is 1. The summed E-state index contributed by atoms with van der Waals surface area (Å²) in [6.45, 7) is 3.90. The van der Waals surface area contributed by atoms with Crippen LogP contribution in [0.3, 0.4) is 0 Å². The van der Waals surface area contributed by atoms with E-state index in [0.29, 0.717) is 24.5 Å². The van der Waals surface area contributed by atoms with Crippen molar-refractivity contribution in [3.05, 3.63) is 22.7 Å². The first kappa shape index (κ1) is 12.2. The topological polar surface area (TPSA) is 58.4 Å². The standard InChI is InChI=1S/C12H16ClN3O/c1-8-6-9(13)7-10-12(8)15-11(17)2-4-16(10)5-3-14/h6-7H,2-5,14H2,1H3,(H,15,17). The lowest BCUT2D eigenvalue weighted by Crippen LogP contribution is -2.30. The van der Waals surface area contributed by atoms with Crippen LogP contribution in [0.15, 0.2) is 12.1 Å². The van der Waals surface area contributed by atoms with Crippen molar-refractivity contribution in [1.82, 2.24) is 0 Å². The van der Waals surface area contributed by atoms with Crippen LogP contribution in [-0.2, 0) is 4.79 Å². The molecule has 17 heavy (non-hydrogen) atoms. The number of fused-ring (bicyclic) bond motifs is 1. The van der Waals surface area contributed by atoms with Crippen LogP contribution >= 0.6 is 11.6 Å². The molecule has 0 saturated carbocycles. The van der Waals surface area contributed by atoms with Crippen molar-refractivity contribution < 1.29 is 4.79 Å². The highest BCUT2D eigenvalue weighted by Crippen LogP contribution is 2.34. The highest BCUT2D eigenvalue weighted by Gasteiger charge is 2.20. The minimum Gasteiger partial charge on any atom is -0.368 e. The second-order valence-corrected chi connectivity index (χ2v) is 4.63. The Kier molecular flexibility index (Phi) is 3.54. The molecular weight excluding hydrogens is 238 g/mol. The third kappa shape index (κ3) is 2.53. The zero-order valence-corrected chi connectivity index (χ0v) is 10.5. The average molecular weight is 254 g/mol. The van der Waals surface area contributed by atoms with E-state index in [9.17, 15) is 4.79 Å². The van der Waals surface area contributed by atoms with Crippen molar-refractivity contribution in [3.63, 3.8) is 0 Å². The number of carbonyl (C=O) groups excluding carboxylic acids is 1. The molecule has 5 heteroatoms. The fourth-order valence-electron chi connectivity index (χ4n) is 2.08. The summed E-state index contributed by atoms with van der Waals surface area (Å²) in [7, 11) is 0. The van der Waals surface area contributed by atoms with Crippen molar-refractivity contribution in [3.8, 4) is 0 Å². The fourth-order valence-corrected chi connectivity index (χ4v) is 2.35. The number of nitrogens with zero attached hydrogens (tertiary/aromatic N) is 1. The predicted octanol–water partition coefficient (Wildman–Crippen LogP) is 1.76. The van der Waals surface area contributed by atoms with Gasteiger partial charge in [0.05, 0.1) is 11.4 Å². The van der Waals surface area contributed by atoms with Crippen LogP contribution in [0.25, 0.3) is 0 Å². The molecule has 0 aromatic heterocycles. The summed E-state index contributed by atoms with van der Waals surface area (Å²) in [4.78, 5) is 13.7. The van der Waals surface area contributed by atoms with E-state index in [2.05, 4.69) is 10.2 Å². The molecular formula is C12H16ClN3O. The molecule has 1 aliphatic rings. The maximum Gasteiger partial charge on any atom is 0.226 e. The van der Waals surface area contributed by atoms with E-state index in [4.69, 9.17) is 17.3 Å². The number of nitrogens with two attached hydrogens (primary N) is 1. The van der Waals surface area contributed by atoms with Crippen molar-refractivity contribution in [2.24, 2.45) is 5.73 Å². The fraction of sp³-hybridized carbons (Fsp3) is 0.417. The Balaban J connectivity index is 2.48. The molecule has 0 radical (unpaired) electrons. The highest BCUT2D eigenvalue weighted by atomic mass is 35.5. The van der Waals surface area contributed by atoms with E-state index in [1.807, 2.05) is 19.1 Å². The molecule has 1 heterocycles. The van der Waals surface area contributed by atoms with E-state index in [1.165, 1.54) is 0 Å². The second-order valence-electron chi connectivity index (χ2n) is 4.19. The van der Waals surface area contributed by atoms with Crippen molar-refractivity contribution in [2.75, 3.05) is 29.9 Å². The lowest BCUT2D eigenvalue weighted by atomic mass is 10.1. The quantitative estimate of drug-likeness (QED) is 0.844. The van der Waals surface area contributed by atoms with Gasteiger partial charge in [-0.3, -0.25) is 4.79 Å².